The first-order chi connectivity index (χ1) is 17.3. The Labute approximate surface area is 218 Å². The smallest absolute Gasteiger partial charge is 0.283 e. The number of methoxy groups -OCH3 is 1. The fraction of sp³-hybridized carbons (Fsp3) is 0.320. The third-order valence-electron chi connectivity index (χ3n) is 6.41. The lowest BCUT2D eigenvalue weighted by molar-refractivity contribution is -0.128. The Morgan fingerprint density at radius 1 is 1.25 bits per heavy atom. The lowest BCUT2D eigenvalue weighted by Gasteiger charge is -2.20. The van der Waals surface area contributed by atoms with Gasteiger partial charge in [-0.05, 0) is 74.4 Å². The van der Waals surface area contributed by atoms with Crippen molar-refractivity contribution in [1.29, 1.82) is 5.41 Å². The topological polar surface area (TPSA) is 103 Å². The van der Waals surface area contributed by atoms with E-state index in [0.29, 0.717) is 21.0 Å². The first kappa shape index (κ1) is 24.3. The van der Waals surface area contributed by atoms with Crippen LogP contribution in [0.25, 0.3) is 11.8 Å². The van der Waals surface area contributed by atoms with Crippen LogP contribution >= 0.6 is 23.4 Å². The number of halogens is 1. The van der Waals surface area contributed by atoms with Gasteiger partial charge in [-0.3, -0.25) is 15.0 Å². The zero-order chi connectivity index (χ0) is 25.6. The van der Waals surface area contributed by atoms with Gasteiger partial charge in [0.2, 0.25) is 11.1 Å². The molecular formula is C25H25ClN6O3S. The molecule has 1 fully saturated rings. The number of amidine groups is 2. The Kier molecular flexibility index (Phi) is 6.48. The van der Waals surface area contributed by atoms with E-state index in [-0.39, 0.29) is 23.7 Å². The minimum atomic E-state index is -0.508. The van der Waals surface area contributed by atoms with E-state index in [1.165, 1.54) is 16.8 Å². The standard InChI is InChI=1S/C25H25ClN6O3S/c1-14-10-16(15(2)31(14)19-12-17(26)6-7-20(19)35-3)11-18-23(27)32-25(28-24(18)34)36-21(29-32)13-22(33)30-8-4-5-9-30/h6-7,10-12,27H,4-5,8-9,13H2,1-3H3. The number of benzene rings is 1. The molecule has 0 unspecified atom stereocenters. The van der Waals surface area contributed by atoms with Gasteiger partial charge in [0.25, 0.3) is 5.91 Å². The number of fused-ring (bicyclic) bond motifs is 1. The lowest BCUT2D eigenvalue weighted by atomic mass is 10.1. The van der Waals surface area contributed by atoms with Crippen LogP contribution in [0.15, 0.2) is 39.9 Å². The minimum absolute atomic E-state index is 0.0108. The van der Waals surface area contributed by atoms with Crippen molar-refractivity contribution in [3.05, 3.63) is 51.8 Å². The number of amides is 2. The molecule has 3 aliphatic heterocycles. The summed E-state index contributed by atoms with van der Waals surface area (Å²) in [5, 5.41) is 15.9. The predicted molar refractivity (Wildman–Crippen MR) is 142 cm³/mol. The first-order valence-electron chi connectivity index (χ1n) is 11.6. The van der Waals surface area contributed by atoms with Crippen LogP contribution in [0.4, 0.5) is 0 Å². The normalized spacial score (nSPS) is 18.6. The Bertz CT molecular complexity index is 1390. The van der Waals surface area contributed by atoms with Crippen molar-refractivity contribution in [2.24, 2.45) is 10.1 Å². The summed E-state index contributed by atoms with van der Waals surface area (Å²) in [5.41, 5.74) is 3.45. The molecular weight excluding hydrogens is 500 g/mol. The maximum atomic E-state index is 12.9. The third kappa shape index (κ3) is 4.35. The molecule has 1 saturated heterocycles. The summed E-state index contributed by atoms with van der Waals surface area (Å²) in [6, 6.07) is 7.33. The van der Waals surface area contributed by atoms with Crippen molar-refractivity contribution in [3.8, 4) is 11.4 Å². The van der Waals surface area contributed by atoms with Crippen LogP contribution < -0.4 is 4.74 Å². The second-order valence-electron chi connectivity index (χ2n) is 8.76. The van der Waals surface area contributed by atoms with Gasteiger partial charge >= 0.3 is 0 Å². The highest BCUT2D eigenvalue weighted by Gasteiger charge is 2.36. The highest BCUT2D eigenvalue weighted by atomic mass is 35.5. The molecule has 0 atom stereocenters. The molecule has 9 nitrogen and oxygen atoms in total. The molecule has 4 heterocycles. The number of aromatic nitrogens is 1. The molecule has 0 radical (unpaired) electrons. The van der Waals surface area contributed by atoms with Crippen LogP contribution in [0, 0.1) is 19.3 Å². The van der Waals surface area contributed by atoms with Gasteiger partial charge in [0.15, 0.2) is 5.84 Å². The molecule has 2 aromatic rings. The molecule has 0 aliphatic carbocycles. The highest BCUT2D eigenvalue weighted by Crippen LogP contribution is 2.33. The average molecular weight is 525 g/mol. The van der Waals surface area contributed by atoms with E-state index in [0.717, 1.165) is 48.6 Å². The summed E-state index contributed by atoms with van der Waals surface area (Å²) in [7, 11) is 1.60. The van der Waals surface area contributed by atoms with Gasteiger partial charge in [-0.25, -0.2) is 0 Å². The van der Waals surface area contributed by atoms with E-state index in [4.69, 9.17) is 21.7 Å². The van der Waals surface area contributed by atoms with Gasteiger partial charge in [-0.15, -0.1) is 0 Å². The molecule has 11 heteroatoms. The number of thioether (sulfide) groups is 1. The number of ether oxygens (including phenoxy) is 1. The summed E-state index contributed by atoms with van der Waals surface area (Å²) in [4.78, 5) is 31.4. The van der Waals surface area contributed by atoms with E-state index in [1.807, 2.05) is 35.4 Å². The summed E-state index contributed by atoms with van der Waals surface area (Å²) in [6.07, 6.45) is 3.84. The van der Waals surface area contributed by atoms with Gasteiger partial charge in [-0.1, -0.05) is 11.6 Å². The monoisotopic (exact) mass is 524 g/mol. The fourth-order valence-electron chi connectivity index (χ4n) is 4.61. The largest absolute Gasteiger partial charge is 0.495 e. The second kappa shape index (κ2) is 9.59. The molecule has 186 valence electrons. The van der Waals surface area contributed by atoms with Gasteiger partial charge < -0.3 is 14.2 Å². The van der Waals surface area contributed by atoms with Crippen molar-refractivity contribution >= 4 is 57.3 Å². The molecule has 5 rings (SSSR count). The molecule has 0 spiro atoms. The van der Waals surface area contributed by atoms with Crippen molar-refractivity contribution in [2.45, 2.75) is 33.1 Å². The summed E-state index contributed by atoms with van der Waals surface area (Å²) < 4.78 is 7.52. The van der Waals surface area contributed by atoms with Crippen LogP contribution in [-0.4, -0.2) is 62.5 Å². The molecule has 1 aromatic carbocycles. The van der Waals surface area contributed by atoms with E-state index < -0.39 is 5.91 Å². The van der Waals surface area contributed by atoms with Gasteiger partial charge in [0.1, 0.15) is 10.8 Å². The van der Waals surface area contributed by atoms with Gasteiger partial charge in [-0.2, -0.15) is 15.1 Å². The maximum Gasteiger partial charge on any atom is 0.283 e. The van der Waals surface area contributed by atoms with Crippen LogP contribution in [-0.2, 0) is 9.59 Å². The SMILES string of the molecule is COc1ccc(Cl)cc1-n1c(C)cc(C=C2C(=N)N3N=C(CC(=O)N4CCCC4)SC3=NC2=O)c1C. The number of likely N-dealkylation sites (tertiary alicyclic amines) is 1. The molecule has 3 aliphatic rings. The fourth-order valence-corrected chi connectivity index (χ4v) is 5.65. The predicted octanol–water partition coefficient (Wildman–Crippen LogP) is 4.39. The Balaban J connectivity index is 1.44. The van der Waals surface area contributed by atoms with Gasteiger partial charge in [0, 0.05) is 29.5 Å². The molecule has 2 amide bonds. The highest BCUT2D eigenvalue weighted by molar-refractivity contribution is 8.27. The number of nitrogens with one attached hydrogen (secondary N) is 1. The summed E-state index contributed by atoms with van der Waals surface area (Å²) >= 11 is 7.42. The number of carbonyl (C=O) groups excluding carboxylic acids is 2. The van der Waals surface area contributed by atoms with Crippen LogP contribution in [0.1, 0.15) is 36.2 Å². The number of hydrogen-bond donors (Lipinski definition) is 1. The number of hydrazone groups is 1. The van der Waals surface area contributed by atoms with E-state index in [9.17, 15) is 9.59 Å². The molecule has 0 bridgehead atoms. The van der Waals surface area contributed by atoms with E-state index in [2.05, 4.69) is 10.1 Å². The lowest BCUT2D eigenvalue weighted by Crippen LogP contribution is -2.35. The zero-order valence-electron chi connectivity index (χ0n) is 20.2. The third-order valence-corrected chi connectivity index (χ3v) is 7.55. The zero-order valence-corrected chi connectivity index (χ0v) is 21.7. The molecule has 1 N–H and O–H groups in total. The van der Waals surface area contributed by atoms with Gasteiger partial charge in [0.05, 0.1) is 24.8 Å². The number of aliphatic imine (C=N–C) groups is 1. The Morgan fingerprint density at radius 3 is 2.72 bits per heavy atom. The molecule has 0 saturated carbocycles. The minimum Gasteiger partial charge on any atom is -0.495 e. The van der Waals surface area contributed by atoms with Crippen LogP contribution in [0.3, 0.4) is 0 Å². The molecule has 1 aromatic heterocycles. The van der Waals surface area contributed by atoms with Crippen molar-refractivity contribution in [2.75, 3.05) is 20.2 Å². The number of aryl methyl sites for hydroxylation is 1. The van der Waals surface area contributed by atoms with E-state index in [1.54, 1.807) is 25.3 Å². The van der Waals surface area contributed by atoms with Crippen molar-refractivity contribution < 1.29 is 14.3 Å². The average Bonchev–Trinajstić information content (AvgIpc) is 3.57. The summed E-state index contributed by atoms with van der Waals surface area (Å²) in [5.74, 6) is 0.102. The maximum absolute atomic E-state index is 12.9. The summed E-state index contributed by atoms with van der Waals surface area (Å²) in [6.45, 7) is 5.41. The number of nitrogens with zero attached hydrogens (tertiary/aromatic N) is 5. The number of rotatable bonds is 5. The molecule has 36 heavy (non-hydrogen) atoms. The van der Waals surface area contributed by atoms with Crippen LogP contribution in [0.5, 0.6) is 5.75 Å². The first-order valence-corrected chi connectivity index (χ1v) is 12.8. The quantitative estimate of drug-likeness (QED) is 0.584. The Hall–Kier alpha value is -3.37. The number of carbonyl (C=O) groups is 2. The Morgan fingerprint density at radius 2 is 2.00 bits per heavy atom. The van der Waals surface area contributed by atoms with Crippen molar-refractivity contribution in [3.63, 3.8) is 0 Å². The number of hydrogen-bond acceptors (Lipinski definition) is 6. The van der Waals surface area contributed by atoms with Crippen LogP contribution in [0.2, 0.25) is 5.02 Å². The van der Waals surface area contributed by atoms with E-state index >= 15 is 0 Å². The van der Waals surface area contributed by atoms with Crippen molar-refractivity contribution in [1.82, 2.24) is 14.5 Å². The second-order valence-corrected chi connectivity index (χ2v) is 10.2.